The zero-order valence-corrected chi connectivity index (χ0v) is 18.4. The van der Waals surface area contributed by atoms with Gasteiger partial charge in [0.2, 0.25) is 5.91 Å². The Labute approximate surface area is 190 Å². The lowest BCUT2D eigenvalue weighted by molar-refractivity contribution is -0.127. The number of ether oxygens (including phenoxy) is 2. The highest BCUT2D eigenvalue weighted by molar-refractivity contribution is 8.18. The van der Waals surface area contributed by atoms with E-state index in [4.69, 9.17) is 9.47 Å². The largest absolute Gasteiger partial charge is 0.497 e. The van der Waals surface area contributed by atoms with Crippen LogP contribution in [0.1, 0.15) is 5.56 Å². The number of amides is 3. The van der Waals surface area contributed by atoms with Crippen LogP contribution in [-0.4, -0.2) is 61.9 Å². The first kappa shape index (κ1) is 21.9. The quantitative estimate of drug-likeness (QED) is 0.672. The number of methoxy groups -OCH3 is 1. The maximum Gasteiger partial charge on any atom is 0.294 e. The first-order valence-corrected chi connectivity index (χ1v) is 11.0. The summed E-state index contributed by atoms with van der Waals surface area (Å²) < 4.78 is 10.5. The molecule has 166 valence electrons. The molecule has 2 aliphatic rings. The SMILES string of the molecule is COc1ccc(NC(=O)CN2C(=O)S/C(=C\c3ccc(N4CCOCC4)cc3)C2=O)cc1. The predicted octanol–water partition coefficient (Wildman–Crippen LogP) is 3.21. The van der Waals surface area contributed by atoms with Crippen LogP contribution < -0.4 is 15.0 Å². The van der Waals surface area contributed by atoms with E-state index in [9.17, 15) is 14.4 Å². The summed E-state index contributed by atoms with van der Waals surface area (Å²) in [4.78, 5) is 40.9. The third kappa shape index (κ3) is 5.12. The molecule has 2 aliphatic heterocycles. The lowest BCUT2D eigenvalue weighted by Gasteiger charge is -2.28. The molecule has 2 saturated heterocycles. The second-order valence-corrected chi connectivity index (χ2v) is 8.23. The van der Waals surface area contributed by atoms with Crippen LogP contribution in [0.15, 0.2) is 53.4 Å². The van der Waals surface area contributed by atoms with Crippen molar-refractivity contribution in [3.63, 3.8) is 0 Å². The van der Waals surface area contributed by atoms with Gasteiger partial charge in [0.05, 0.1) is 25.2 Å². The van der Waals surface area contributed by atoms with Gasteiger partial charge in [-0.15, -0.1) is 0 Å². The Bertz CT molecular complexity index is 1030. The number of nitrogens with zero attached hydrogens (tertiary/aromatic N) is 2. The van der Waals surface area contributed by atoms with Crippen LogP contribution >= 0.6 is 11.8 Å². The number of thioether (sulfide) groups is 1. The van der Waals surface area contributed by atoms with Crippen molar-refractivity contribution in [3.05, 3.63) is 59.0 Å². The van der Waals surface area contributed by atoms with Crippen LogP contribution in [0.2, 0.25) is 0 Å². The van der Waals surface area contributed by atoms with Gasteiger partial charge in [-0.2, -0.15) is 0 Å². The molecule has 0 spiro atoms. The Hall–Kier alpha value is -3.30. The molecule has 4 rings (SSSR count). The van der Waals surface area contributed by atoms with Crippen LogP contribution in [0.25, 0.3) is 6.08 Å². The predicted molar refractivity (Wildman–Crippen MR) is 124 cm³/mol. The van der Waals surface area contributed by atoms with E-state index in [1.807, 2.05) is 24.3 Å². The highest BCUT2D eigenvalue weighted by Crippen LogP contribution is 2.32. The molecular formula is C23H23N3O5S. The molecule has 2 heterocycles. The van der Waals surface area contributed by atoms with Gasteiger partial charge in [0.15, 0.2) is 0 Å². The topological polar surface area (TPSA) is 88.2 Å². The van der Waals surface area contributed by atoms with E-state index in [0.29, 0.717) is 29.6 Å². The second-order valence-electron chi connectivity index (χ2n) is 7.24. The number of imide groups is 1. The molecule has 0 aliphatic carbocycles. The highest BCUT2D eigenvalue weighted by atomic mass is 32.2. The summed E-state index contributed by atoms with van der Waals surface area (Å²) in [5, 5.41) is 2.22. The Morgan fingerprint density at radius 3 is 2.44 bits per heavy atom. The van der Waals surface area contributed by atoms with Crippen LogP contribution in [0, 0.1) is 0 Å². The van der Waals surface area contributed by atoms with Crippen molar-refractivity contribution in [1.82, 2.24) is 4.90 Å². The molecule has 0 unspecified atom stereocenters. The van der Waals surface area contributed by atoms with Crippen LogP contribution in [0.3, 0.4) is 0 Å². The van der Waals surface area contributed by atoms with Gasteiger partial charge in [-0.05, 0) is 59.8 Å². The first-order chi connectivity index (χ1) is 15.5. The molecule has 32 heavy (non-hydrogen) atoms. The molecule has 3 amide bonds. The lowest BCUT2D eigenvalue weighted by Crippen LogP contribution is -2.36. The van der Waals surface area contributed by atoms with E-state index in [-0.39, 0.29) is 6.54 Å². The van der Waals surface area contributed by atoms with Crippen molar-refractivity contribution in [3.8, 4) is 5.75 Å². The summed E-state index contributed by atoms with van der Waals surface area (Å²) in [7, 11) is 1.56. The molecule has 2 fully saturated rings. The molecule has 9 heteroatoms. The van der Waals surface area contributed by atoms with Crippen molar-refractivity contribution < 1.29 is 23.9 Å². The van der Waals surface area contributed by atoms with E-state index in [1.54, 1.807) is 37.5 Å². The minimum absolute atomic E-state index is 0.298. The van der Waals surface area contributed by atoms with Crippen molar-refractivity contribution in [2.24, 2.45) is 0 Å². The van der Waals surface area contributed by atoms with Gasteiger partial charge in [-0.3, -0.25) is 19.3 Å². The number of hydrogen-bond donors (Lipinski definition) is 1. The van der Waals surface area contributed by atoms with Gasteiger partial charge in [-0.25, -0.2) is 0 Å². The van der Waals surface area contributed by atoms with Gasteiger partial charge < -0.3 is 19.7 Å². The monoisotopic (exact) mass is 453 g/mol. The standard InChI is InChI=1S/C23H23N3O5S/c1-30-19-8-4-17(5-9-19)24-21(27)15-26-22(28)20(32-23(26)29)14-16-2-6-18(7-3-16)25-10-12-31-13-11-25/h2-9,14H,10-13,15H2,1H3,(H,24,27)/b20-14-. The maximum absolute atomic E-state index is 12.7. The molecule has 0 saturated carbocycles. The van der Waals surface area contributed by atoms with E-state index in [2.05, 4.69) is 10.2 Å². The molecule has 2 aromatic carbocycles. The summed E-state index contributed by atoms with van der Waals surface area (Å²) in [5.41, 5.74) is 2.46. The third-order valence-electron chi connectivity index (χ3n) is 5.12. The van der Waals surface area contributed by atoms with Crippen molar-refractivity contribution in [2.45, 2.75) is 0 Å². The number of carbonyl (C=O) groups excluding carboxylic acids is 3. The Balaban J connectivity index is 1.38. The summed E-state index contributed by atoms with van der Waals surface area (Å²) in [6.07, 6.45) is 1.68. The lowest BCUT2D eigenvalue weighted by atomic mass is 10.1. The average molecular weight is 454 g/mol. The van der Waals surface area contributed by atoms with Crippen molar-refractivity contribution in [2.75, 3.05) is 50.2 Å². The molecule has 8 nitrogen and oxygen atoms in total. The van der Waals surface area contributed by atoms with Gasteiger partial charge in [0.25, 0.3) is 11.1 Å². The van der Waals surface area contributed by atoms with Gasteiger partial charge in [0.1, 0.15) is 12.3 Å². The number of carbonyl (C=O) groups is 3. The van der Waals surface area contributed by atoms with Crippen LogP contribution in [0.4, 0.5) is 16.2 Å². The molecule has 0 atom stereocenters. The number of anilines is 2. The Morgan fingerprint density at radius 2 is 1.78 bits per heavy atom. The molecule has 1 N–H and O–H groups in total. The number of nitrogens with one attached hydrogen (secondary N) is 1. The average Bonchev–Trinajstić information content (AvgIpc) is 3.08. The Morgan fingerprint density at radius 1 is 1.09 bits per heavy atom. The van der Waals surface area contributed by atoms with E-state index in [0.717, 1.165) is 41.0 Å². The fourth-order valence-electron chi connectivity index (χ4n) is 3.41. The normalized spacial score (nSPS) is 17.7. The zero-order chi connectivity index (χ0) is 22.5. The third-order valence-corrected chi connectivity index (χ3v) is 6.02. The minimum atomic E-state index is -0.470. The van der Waals surface area contributed by atoms with Crippen molar-refractivity contribution in [1.29, 1.82) is 0 Å². The summed E-state index contributed by atoms with van der Waals surface area (Å²) in [6.45, 7) is 2.76. The number of benzene rings is 2. The van der Waals surface area contributed by atoms with Crippen LogP contribution in [0.5, 0.6) is 5.75 Å². The fraction of sp³-hybridized carbons (Fsp3) is 0.261. The van der Waals surface area contributed by atoms with E-state index < -0.39 is 17.1 Å². The minimum Gasteiger partial charge on any atom is -0.497 e. The summed E-state index contributed by atoms with van der Waals surface area (Å²) >= 11 is 0.837. The molecule has 0 aromatic heterocycles. The van der Waals surface area contributed by atoms with E-state index >= 15 is 0 Å². The summed E-state index contributed by atoms with van der Waals surface area (Å²) in [5.74, 6) is -0.257. The number of rotatable bonds is 6. The van der Waals surface area contributed by atoms with Gasteiger partial charge in [-0.1, -0.05) is 12.1 Å². The Kier molecular flexibility index (Phi) is 6.77. The first-order valence-electron chi connectivity index (χ1n) is 10.2. The second kappa shape index (κ2) is 9.88. The highest BCUT2D eigenvalue weighted by Gasteiger charge is 2.36. The smallest absolute Gasteiger partial charge is 0.294 e. The molecular weight excluding hydrogens is 430 g/mol. The van der Waals surface area contributed by atoms with Gasteiger partial charge >= 0.3 is 0 Å². The summed E-state index contributed by atoms with van der Waals surface area (Å²) in [6, 6.07) is 14.6. The maximum atomic E-state index is 12.7. The number of morpholine rings is 1. The van der Waals surface area contributed by atoms with Crippen LogP contribution in [-0.2, 0) is 14.3 Å². The molecule has 0 radical (unpaired) electrons. The van der Waals surface area contributed by atoms with Gasteiger partial charge in [0, 0.05) is 24.5 Å². The zero-order valence-electron chi connectivity index (χ0n) is 17.6. The molecule has 2 aromatic rings. The fourth-order valence-corrected chi connectivity index (χ4v) is 4.25. The van der Waals surface area contributed by atoms with Crippen molar-refractivity contribution >= 4 is 46.3 Å². The van der Waals surface area contributed by atoms with E-state index in [1.165, 1.54) is 0 Å². The number of hydrogen-bond acceptors (Lipinski definition) is 7. The molecule has 0 bridgehead atoms.